The summed E-state index contributed by atoms with van der Waals surface area (Å²) in [6.07, 6.45) is 5.73. The van der Waals surface area contributed by atoms with Gasteiger partial charge in [0.1, 0.15) is 23.3 Å². The molecule has 1 aliphatic heterocycles. The summed E-state index contributed by atoms with van der Waals surface area (Å²) in [5.74, 6) is 1.45. The number of benzene rings is 1. The third kappa shape index (κ3) is 4.72. The second-order valence-electron chi connectivity index (χ2n) is 7.98. The van der Waals surface area contributed by atoms with Gasteiger partial charge in [-0.25, -0.2) is 4.98 Å². The topological polar surface area (TPSA) is 62.1 Å². The van der Waals surface area contributed by atoms with Crippen LogP contribution in [0.2, 0.25) is 5.02 Å². The number of nitrogens with zero attached hydrogens (tertiary/aromatic N) is 3. The van der Waals surface area contributed by atoms with E-state index in [0.29, 0.717) is 10.8 Å². The molecule has 0 N–H and O–H groups in total. The van der Waals surface area contributed by atoms with Gasteiger partial charge < -0.3 is 18.4 Å². The molecular formula is C24H24ClN3O3S2. The van der Waals surface area contributed by atoms with Crippen molar-refractivity contribution in [3.63, 3.8) is 0 Å². The molecular weight excluding hydrogens is 478 g/mol. The Labute approximate surface area is 205 Å². The van der Waals surface area contributed by atoms with Crippen LogP contribution in [0.5, 0.6) is 11.5 Å². The number of imidazole rings is 1. The maximum absolute atomic E-state index is 12.7. The van der Waals surface area contributed by atoms with Crippen molar-refractivity contribution in [2.75, 3.05) is 20.2 Å². The summed E-state index contributed by atoms with van der Waals surface area (Å²) in [4.78, 5) is 4.79. The van der Waals surface area contributed by atoms with Crippen molar-refractivity contribution in [1.29, 1.82) is 0 Å². The van der Waals surface area contributed by atoms with E-state index >= 15 is 0 Å². The van der Waals surface area contributed by atoms with Crippen molar-refractivity contribution in [2.45, 2.75) is 30.1 Å². The minimum Gasteiger partial charge on any atom is -0.592 e. The van der Waals surface area contributed by atoms with Gasteiger partial charge in [0.2, 0.25) is 4.21 Å². The number of methoxy groups -OCH3 is 1. The highest BCUT2D eigenvalue weighted by atomic mass is 35.5. The van der Waals surface area contributed by atoms with E-state index in [1.54, 1.807) is 7.11 Å². The van der Waals surface area contributed by atoms with Gasteiger partial charge in [-0.05, 0) is 42.1 Å². The van der Waals surface area contributed by atoms with E-state index in [1.165, 1.54) is 11.3 Å². The second kappa shape index (κ2) is 9.56. The SMILES string of the molecule is COc1cc(C)c(-c2cn3ccc(OC4CCN([S+]([O-])c5cccs5)CC4)cc3n2)cc1Cl. The standard InChI is InChI=1S/C24H24ClN3O3S2/c1-16-12-22(30-2)20(25)14-19(16)21-15-27-8-5-18(13-23(27)26-21)31-17-6-9-28(10-7-17)33(29)24-4-3-11-32-24/h3-5,8,11-15,17H,6-7,9-10H2,1-2H3. The average molecular weight is 502 g/mol. The zero-order valence-electron chi connectivity index (χ0n) is 18.4. The van der Waals surface area contributed by atoms with Crippen LogP contribution in [0.4, 0.5) is 0 Å². The number of pyridine rings is 1. The molecule has 1 aromatic carbocycles. The maximum atomic E-state index is 12.7. The highest BCUT2D eigenvalue weighted by Crippen LogP contribution is 2.33. The van der Waals surface area contributed by atoms with Crippen LogP contribution in [0, 0.1) is 6.92 Å². The number of rotatable bonds is 6. The monoisotopic (exact) mass is 501 g/mol. The number of thiophene rings is 1. The summed E-state index contributed by atoms with van der Waals surface area (Å²) in [6, 6.07) is 11.6. The lowest BCUT2D eigenvalue weighted by Gasteiger charge is -2.31. The van der Waals surface area contributed by atoms with Crippen LogP contribution in [0.25, 0.3) is 16.9 Å². The Morgan fingerprint density at radius 1 is 1.21 bits per heavy atom. The van der Waals surface area contributed by atoms with E-state index in [0.717, 1.165) is 58.4 Å². The Bertz CT molecular complexity index is 1250. The molecule has 1 atom stereocenters. The van der Waals surface area contributed by atoms with Crippen LogP contribution < -0.4 is 9.47 Å². The highest BCUT2D eigenvalue weighted by molar-refractivity contribution is 7.91. The number of fused-ring (bicyclic) bond motifs is 1. The van der Waals surface area contributed by atoms with Crippen molar-refractivity contribution >= 4 is 39.9 Å². The number of ether oxygens (including phenoxy) is 2. The van der Waals surface area contributed by atoms with Gasteiger partial charge >= 0.3 is 0 Å². The average Bonchev–Trinajstić information content (AvgIpc) is 3.50. The fraction of sp³-hybridized carbons (Fsp3) is 0.292. The van der Waals surface area contributed by atoms with Crippen LogP contribution in [0.3, 0.4) is 0 Å². The molecule has 33 heavy (non-hydrogen) atoms. The van der Waals surface area contributed by atoms with E-state index in [4.69, 9.17) is 26.1 Å². The molecule has 0 aliphatic carbocycles. The fourth-order valence-electron chi connectivity index (χ4n) is 4.05. The molecule has 5 rings (SSSR count). The van der Waals surface area contributed by atoms with Crippen molar-refractivity contribution in [1.82, 2.24) is 13.7 Å². The third-order valence-electron chi connectivity index (χ3n) is 5.81. The molecule has 9 heteroatoms. The normalized spacial score (nSPS) is 16.2. The van der Waals surface area contributed by atoms with Crippen molar-refractivity contribution < 1.29 is 14.0 Å². The predicted molar refractivity (Wildman–Crippen MR) is 133 cm³/mol. The molecule has 0 saturated carbocycles. The number of hydrogen-bond donors (Lipinski definition) is 0. The van der Waals surface area contributed by atoms with E-state index in [2.05, 4.69) is 0 Å². The van der Waals surface area contributed by atoms with E-state index in [9.17, 15) is 4.55 Å². The van der Waals surface area contributed by atoms with E-state index in [-0.39, 0.29) is 6.10 Å². The Hall–Kier alpha value is -2.23. The number of aryl methyl sites for hydroxylation is 1. The molecule has 0 radical (unpaired) electrons. The maximum Gasteiger partial charge on any atom is 0.227 e. The zero-order chi connectivity index (χ0) is 22.9. The summed E-state index contributed by atoms with van der Waals surface area (Å²) in [5.41, 5.74) is 3.67. The molecule has 1 fully saturated rings. The largest absolute Gasteiger partial charge is 0.592 e. The Kier molecular flexibility index (Phi) is 6.53. The van der Waals surface area contributed by atoms with Gasteiger partial charge in [0.25, 0.3) is 0 Å². The highest BCUT2D eigenvalue weighted by Gasteiger charge is 2.30. The molecule has 172 valence electrons. The number of aromatic nitrogens is 2. The Balaban J connectivity index is 1.28. The summed E-state index contributed by atoms with van der Waals surface area (Å²) in [7, 11) is 1.61. The molecule has 0 bridgehead atoms. The van der Waals surface area contributed by atoms with Crippen LogP contribution >= 0.6 is 22.9 Å². The van der Waals surface area contributed by atoms with E-state index < -0.39 is 11.4 Å². The first kappa shape index (κ1) is 22.6. The minimum atomic E-state index is -1.07. The first-order valence-corrected chi connectivity index (χ1v) is 13.1. The van der Waals surface area contributed by atoms with Crippen LogP contribution in [0.1, 0.15) is 18.4 Å². The summed E-state index contributed by atoms with van der Waals surface area (Å²) in [5, 5.41) is 2.52. The Morgan fingerprint density at radius 2 is 2.03 bits per heavy atom. The van der Waals surface area contributed by atoms with Crippen molar-refractivity contribution in [2.24, 2.45) is 0 Å². The van der Waals surface area contributed by atoms with Gasteiger partial charge in [0.15, 0.2) is 0 Å². The molecule has 1 saturated heterocycles. The first-order chi connectivity index (χ1) is 16.0. The van der Waals surface area contributed by atoms with Crippen LogP contribution in [-0.2, 0) is 11.4 Å². The molecule has 6 nitrogen and oxygen atoms in total. The van der Waals surface area contributed by atoms with Crippen LogP contribution in [-0.4, -0.2) is 44.5 Å². The molecule has 1 aliphatic rings. The molecule has 4 heterocycles. The smallest absolute Gasteiger partial charge is 0.227 e. The molecule has 0 amide bonds. The molecule has 0 spiro atoms. The fourth-order valence-corrected chi connectivity index (χ4v) is 6.55. The van der Waals surface area contributed by atoms with E-state index in [1.807, 2.05) is 69.8 Å². The van der Waals surface area contributed by atoms with Gasteiger partial charge in [0, 0.05) is 56.0 Å². The van der Waals surface area contributed by atoms with Crippen LogP contribution in [0.15, 0.2) is 58.4 Å². The summed E-state index contributed by atoms with van der Waals surface area (Å²) >= 11 is 6.80. The first-order valence-electron chi connectivity index (χ1n) is 10.7. The lowest BCUT2D eigenvalue weighted by atomic mass is 10.1. The second-order valence-corrected chi connectivity index (χ2v) is 11.1. The number of halogens is 1. The van der Waals surface area contributed by atoms with Crippen molar-refractivity contribution in [3.8, 4) is 22.8 Å². The number of hydrogen-bond acceptors (Lipinski definition) is 6. The van der Waals surface area contributed by atoms with Gasteiger partial charge in [-0.1, -0.05) is 22.9 Å². The van der Waals surface area contributed by atoms with Crippen molar-refractivity contribution in [3.05, 3.63) is 64.8 Å². The lowest BCUT2D eigenvalue weighted by Crippen LogP contribution is -2.41. The molecule has 3 aromatic heterocycles. The molecule has 1 unspecified atom stereocenters. The minimum absolute atomic E-state index is 0.0982. The van der Waals surface area contributed by atoms with Gasteiger partial charge in [0.05, 0.1) is 29.2 Å². The van der Waals surface area contributed by atoms with Gasteiger partial charge in [-0.3, -0.25) is 0 Å². The van der Waals surface area contributed by atoms with Gasteiger partial charge in [-0.2, -0.15) is 0 Å². The number of piperidine rings is 1. The molecule has 4 aromatic rings. The third-order valence-corrected chi connectivity index (χ3v) is 8.80. The zero-order valence-corrected chi connectivity index (χ0v) is 20.8. The quantitative estimate of drug-likeness (QED) is 0.322. The lowest BCUT2D eigenvalue weighted by molar-refractivity contribution is 0.135. The summed E-state index contributed by atoms with van der Waals surface area (Å²) < 4.78 is 29.1. The summed E-state index contributed by atoms with van der Waals surface area (Å²) in [6.45, 7) is 3.52. The predicted octanol–water partition coefficient (Wildman–Crippen LogP) is 5.60. The Morgan fingerprint density at radius 3 is 2.76 bits per heavy atom. The van der Waals surface area contributed by atoms with Gasteiger partial charge in [-0.15, -0.1) is 4.31 Å².